The Hall–Kier alpha value is -4.26. The van der Waals surface area contributed by atoms with E-state index < -0.39 is 0 Å². The van der Waals surface area contributed by atoms with Crippen LogP contribution in [0.3, 0.4) is 0 Å². The Balaban J connectivity index is 1.40. The van der Waals surface area contributed by atoms with Crippen molar-refractivity contribution in [1.82, 2.24) is 24.9 Å². The van der Waals surface area contributed by atoms with Crippen LogP contribution in [0.25, 0.3) is 17.1 Å². The number of aryl methyl sites for hydroxylation is 2. The van der Waals surface area contributed by atoms with Crippen LogP contribution in [0.2, 0.25) is 0 Å². The van der Waals surface area contributed by atoms with Crippen LogP contribution in [-0.4, -0.2) is 31.5 Å². The van der Waals surface area contributed by atoms with E-state index in [2.05, 4.69) is 37.0 Å². The van der Waals surface area contributed by atoms with Gasteiger partial charge in [0.25, 0.3) is 0 Å². The molecule has 34 heavy (non-hydrogen) atoms. The third-order valence-electron chi connectivity index (χ3n) is 5.47. The molecule has 0 unspecified atom stereocenters. The zero-order chi connectivity index (χ0) is 23.2. The summed E-state index contributed by atoms with van der Waals surface area (Å²) < 4.78 is 13.2. The van der Waals surface area contributed by atoms with Crippen molar-refractivity contribution in [2.45, 2.75) is 26.2 Å². The lowest BCUT2D eigenvalue weighted by Gasteiger charge is -2.11. The first-order valence-corrected chi connectivity index (χ1v) is 11.4. The fourth-order valence-corrected chi connectivity index (χ4v) is 3.84. The first kappa shape index (κ1) is 21.6. The fraction of sp³-hybridized carbons (Fsp3) is 0.185. The van der Waals surface area contributed by atoms with E-state index in [9.17, 15) is 0 Å². The highest BCUT2D eigenvalue weighted by atomic mass is 16.5. The second-order valence-corrected chi connectivity index (χ2v) is 7.83. The van der Waals surface area contributed by atoms with Crippen molar-refractivity contribution in [3.63, 3.8) is 0 Å². The molecule has 0 amide bonds. The molecule has 0 atom stereocenters. The maximum atomic E-state index is 5.61. The van der Waals surface area contributed by atoms with Crippen molar-refractivity contribution < 1.29 is 9.26 Å². The smallest absolute Gasteiger partial charge is 0.227 e. The fourth-order valence-electron chi connectivity index (χ4n) is 3.84. The van der Waals surface area contributed by atoms with E-state index in [1.54, 1.807) is 0 Å². The monoisotopic (exact) mass is 451 g/mol. The highest BCUT2D eigenvalue weighted by Crippen LogP contribution is 2.21. The maximum Gasteiger partial charge on any atom is 0.227 e. The van der Waals surface area contributed by atoms with Crippen molar-refractivity contribution in [1.29, 1.82) is 0 Å². The van der Waals surface area contributed by atoms with Crippen LogP contribution < -0.4 is 4.74 Å². The molecule has 170 valence electrons. The SMILES string of the molecule is CCOc1ccc(-n2c(CCc3nc(-c4ccccc4)no3)nnc2Cc2ccccc2)cc1. The lowest BCUT2D eigenvalue weighted by molar-refractivity contribution is 0.340. The van der Waals surface area contributed by atoms with Gasteiger partial charge in [0.15, 0.2) is 0 Å². The molecule has 7 heteroatoms. The number of hydrogen-bond donors (Lipinski definition) is 0. The van der Waals surface area contributed by atoms with Crippen LogP contribution in [0.4, 0.5) is 0 Å². The van der Waals surface area contributed by atoms with Crippen LogP contribution in [0.15, 0.2) is 89.5 Å². The summed E-state index contributed by atoms with van der Waals surface area (Å²) in [7, 11) is 0. The summed E-state index contributed by atoms with van der Waals surface area (Å²) in [6.45, 7) is 2.61. The van der Waals surface area contributed by atoms with E-state index in [0.29, 0.717) is 37.6 Å². The molecule has 3 aromatic carbocycles. The second-order valence-electron chi connectivity index (χ2n) is 7.83. The highest BCUT2D eigenvalue weighted by molar-refractivity contribution is 5.53. The number of nitrogens with zero attached hydrogens (tertiary/aromatic N) is 5. The lowest BCUT2D eigenvalue weighted by atomic mass is 10.1. The van der Waals surface area contributed by atoms with Gasteiger partial charge in [-0.1, -0.05) is 65.8 Å². The molecular formula is C27H25N5O2. The van der Waals surface area contributed by atoms with Crippen molar-refractivity contribution in [3.05, 3.63) is 108 Å². The summed E-state index contributed by atoms with van der Waals surface area (Å²) >= 11 is 0. The molecule has 2 aromatic heterocycles. The Bertz CT molecular complexity index is 1330. The van der Waals surface area contributed by atoms with Crippen LogP contribution >= 0.6 is 0 Å². The molecule has 0 spiro atoms. The highest BCUT2D eigenvalue weighted by Gasteiger charge is 2.16. The van der Waals surface area contributed by atoms with Crippen LogP contribution in [0, 0.1) is 0 Å². The Morgan fingerprint density at radius 1 is 0.794 bits per heavy atom. The second kappa shape index (κ2) is 10.1. The number of benzene rings is 3. The van der Waals surface area contributed by atoms with Gasteiger partial charge in [0.05, 0.1) is 6.61 Å². The first-order valence-electron chi connectivity index (χ1n) is 11.4. The normalized spacial score (nSPS) is 11.0. The van der Waals surface area contributed by atoms with Gasteiger partial charge in [-0.05, 0) is 36.8 Å². The predicted octanol–water partition coefficient (Wildman–Crippen LogP) is 5.09. The average molecular weight is 452 g/mol. The Morgan fingerprint density at radius 3 is 2.24 bits per heavy atom. The average Bonchev–Trinajstić information content (AvgIpc) is 3.52. The number of aromatic nitrogens is 5. The minimum Gasteiger partial charge on any atom is -0.494 e. The van der Waals surface area contributed by atoms with E-state index in [0.717, 1.165) is 28.6 Å². The van der Waals surface area contributed by atoms with Crippen LogP contribution in [0.1, 0.15) is 30.0 Å². The van der Waals surface area contributed by atoms with Crippen LogP contribution in [0.5, 0.6) is 5.75 Å². The Kier molecular flexibility index (Phi) is 6.42. The summed E-state index contributed by atoms with van der Waals surface area (Å²) in [4.78, 5) is 4.55. The third kappa shape index (κ3) is 4.88. The molecule has 7 nitrogen and oxygen atoms in total. The van der Waals surface area contributed by atoms with Gasteiger partial charge in [0.2, 0.25) is 11.7 Å². The first-order chi connectivity index (χ1) is 16.8. The molecule has 0 aliphatic heterocycles. The van der Waals surface area contributed by atoms with E-state index in [1.807, 2.05) is 79.7 Å². The zero-order valence-electron chi connectivity index (χ0n) is 19.0. The quantitative estimate of drug-likeness (QED) is 0.311. The van der Waals surface area contributed by atoms with Crippen molar-refractivity contribution >= 4 is 0 Å². The molecule has 0 aliphatic carbocycles. The molecule has 0 N–H and O–H groups in total. The van der Waals surface area contributed by atoms with E-state index in [1.165, 1.54) is 5.56 Å². The Morgan fingerprint density at radius 2 is 1.50 bits per heavy atom. The molecule has 0 radical (unpaired) electrons. The molecule has 0 aliphatic rings. The van der Waals surface area contributed by atoms with E-state index >= 15 is 0 Å². The number of hydrogen-bond acceptors (Lipinski definition) is 6. The van der Waals surface area contributed by atoms with Crippen molar-refractivity contribution in [2.75, 3.05) is 6.61 Å². The van der Waals surface area contributed by atoms with Gasteiger partial charge >= 0.3 is 0 Å². The Labute approximate surface area is 198 Å². The van der Waals surface area contributed by atoms with E-state index in [4.69, 9.17) is 9.26 Å². The van der Waals surface area contributed by atoms with Gasteiger partial charge in [-0.25, -0.2) is 0 Å². The summed E-state index contributed by atoms with van der Waals surface area (Å²) in [5.74, 6) is 3.72. The summed E-state index contributed by atoms with van der Waals surface area (Å²) in [6.07, 6.45) is 1.87. The molecule has 5 aromatic rings. The van der Waals surface area contributed by atoms with Gasteiger partial charge in [0, 0.05) is 30.5 Å². The molecule has 0 saturated heterocycles. The van der Waals surface area contributed by atoms with Crippen LogP contribution in [-0.2, 0) is 19.3 Å². The van der Waals surface area contributed by atoms with Gasteiger partial charge in [-0.3, -0.25) is 4.57 Å². The van der Waals surface area contributed by atoms with Crippen molar-refractivity contribution in [3.8, 4) is 22.8 Å². The van der Waals surface area contributed by atoms with E-state index in [-0.39, 0.29) is 0 Å². The van der Waals surface area contributed by atoms with Crippen molar-refractivity contribution in [2.24, 2.45) is 0 Å². The van der Waals surface area contributed by atoms with Gasteiger partial charge in [0.1, 0.15) is 17.4 Å². The minimum absolute atomic E-state index is 0.570. The summed E-state index contributed by atoms with van der Waals surface area (Å²) in [6, 6.07) is 28.1. The third-order valence-corrected chi connectivity index (χ3v) is 5.47. The van der Waals surface area contributed by atoms with Gasteiger partial charge in [-0.2, -0.15) is 4.98 Å². The number of ether oxygens (including phenoxy) is 1. The standard InChI is InChI=1S/C27H25N5O2/c1-2-33-23-15-13-22(14-16-23)32-24(29-30-25(32)19-20-9-5-3-6-10-20)17-18-26-28-27(31-34-26)21-11-7-4-8-12-21/h3-16H,2,17-19H2,1H3. The molecule has 0 fully saturated rings. The number of rotatable bonds is 9. The molecular weight excluding hydrogens is 426 g/mol. The zero-order valence-corrected chi connectivity index (χ0v) is 19.0. The largest absolute Gasteiger partial charge is 0.494 e. The topological polar surface area (TPSA) is 78.9 Å². The predicted molar refractivity (Wildman–Crippen MR) is 129 cm³/mol. The maximum absolute atomic E-state index is 5.61. The minimum atomic E-state index is 0.570. The van der Waals surface area contributed by atoms with Gasteiger partial charge in [-0.15, -0.1) is 10.2 Å². The molecule has 5 rings (SSSR count). The molecule has 0 saturated carbocycles. The lowest BCUT2D eigenvalue weighted by Crippen LogP contribution is -2.08. The molecule has 2 heterocycles. The molecule has 0 bridgehead atoms. The summed E-state index contributed by atoms with van der Waals surface area (Å²) in [5, 5.41) is 13.2. The summed E-state index contributed by atoms with van der Waals surface area (Å²) in [5.41, 5.74) is 3.10. The van der Waals surface area contributed by atoms with Gasteiger partial charge < -0.3 is 9.26 Å².